The first kappa shape index (κ1) is 12.4. The summed E-state index contributed by atoms with van der Waals surface area (Å²) in [6.45, 7) is 0. The molecule has 0 bridgehead atoms. The molecule has 0 aliphatic rings. The quantitative estimate of drug-likeness (QED) is 0.141. The lowest BCUT2D eigenvalue weighted by Crippen LogP contribution is -2.29. The van der Waals surface area contributed by atoms with Crippen LogP contribution in [-0.4, -0.2) is 28.8 Å². The van der Waals surface area contributed by atoms with Crippen LogP contribution in [0.25, 0.3) is 0 Å². The molecule has 0 spiro atoms. The van der Waals surface area contributed by atoms with Gasteiger partial charge in [0.05, 0.1) is 0 Å². The van der Waals surface area contributed by atoms with Crippen LogP contribution < -0.4 is 0 Å². The van der Waals surface area contributed by atoms with E-state index in [0.717, 1.165) is 12.1 Å². The number of hydrogen-bond donors (Lipinski definition) is 0. The summed E-state index contributed by atoms with van der Waals surface area (Å²) in [5, 5.41) is 20.7. The Morgan fingerprint density at radius 2 is 2.20 bits per heavy atom. The molecule has 9 heteroatoms. The van der Waals surface area contributed by atoms with Gasteiger partial charge in [-0.15, -0.1) is 0 Å². The Hall–Kier alpha value is -2.59. The first-order chi connectivity index (χ1) is 7.02. The predicted octanol–water partition coefficient (Wildman–Crippen LogP) is -1.09. The third-order valence-electron chi connectivity index (χ3n) is 1.14. The number of nitrogens with zero attached hydrogens (tertiary/aromatic N) is 3. The van der Waals surface area contributed by atoms with Gasteiger partial charge >= 0.3 is 12.0 Å². The van der Waals surface area contributed by atoms with E-state index in [-0.39, 0.29) is 0 Å². The second kappa shape index (κ2) is 5.95. The van der Waals surface area contributed by atoms with Crippen molar-refractivity contribution in [2.45, 2.75) is 12.5 Å². The predicted molar refractivity (Wildman–Crippen MR) is 40.2 cm³/mol. The number of ketones is 1. The first-order valence-corrected chi connectivity index (χ1v) is 3.35. The molecule has 0 rings (SSSR count). The van der Waals surface area contributed by atoms with Crippen LogP contribution in [0.3, 0.4) is 0 Å². The Labute approximate surface area is 82.1 Å². The van der Waals surface area contributed by atoms with E-state index in [1.54, 1.807) is 0 Å². The number of carbonyl (C=O) groups excluding carboxylic acids is 3. The maximum absolute atomic E-state index is 10.9. The Morgan fingerprint density at radius 3 is 2.60 bits per heavy atom. The molecule has 0 aliphatic heterocycles. The van der Waals surface area contributed by atoms with E-state index in [1.165, 1.54) is 0 Å². The van der Waals surface area contributed by atoms with E-state index in [9.17, 15) is 24.5 Å². The van der Waals surface area contributed by atoms with Crippen LogP contribution in [0.5, 0.6) is 0 Å². The van der Waals surface area contributed by atoms with Crippen molar-refractivity contribution in [1.29, 1.82) is 5.26 Å². The van der Waals surface area contributed by atoms with E-state index in [2.05, 4.69) is 9.99 Å². The van der Waals surface area contributed by atoms with Gasteiger partial charge in [-0.05, 0) is 0 Å². The van der Waals surface area contributed by atoms with Crippen molar-refractivity contribution in [1.82, 2.24) is 0 Å². The molecule has 78 valence electrons. The standard InChI is InChI=1S/C6H3N3O6/c7-2-4(9(13)14)5(11)1-6(12)15-8-3-10/h4H,1H2. The SMILES string of the molecule is N#CC(C(=O)CC(=O)ON=C=O)[N+](=O)[O-]. The summed E-state index contributed by atoms with van der Waals surface area (Å²) in [5.74, 6) is -2.51. The minimum atomic E-state index is -2.13. The molecule has 0 aliphatic carbocycles. The second-order valence-electron chi connectivity index (χ2n) is 2.11. The lowest BCUT2D eigenvalue weighted by molar-refractivity contribution is -0.492. The van der Waals surface area contributed by atoms with Crippen molar-refractivity contribution in [3.05, 3.63) is 10.1 Å². The van der Waals surface area contributed by atoms with E-state index in [1.807, 2.05) is 0 Å². The summed E-state index contributed by atoms with van der Waals surface area (Å²) in [6.07, 6.45) is -0.150. The number of hydrogen-bond acceptors (Lipinski definition) is 8. The van der Waals surface area contributed by atoms with Crippen LogP contribution in [0.4, 0.5) is 0 Å². The number of nitro groups is 1. The molecular formula is C6H3N3O6. The highest BCUT2D eigenvalue weighted by molar-refractivity contribution is 5.99. The van der Waals surface area contributed by atoms with Crippen LogP contribution in [-0.2, 0) is 19.2 Å². The first-order valence-electron chi connectivity index (χ1n) is 3.35. The summed E-state index contributed by atoms with van der Waals surface area (Å²) in [4.78, 5) is 43.7. The monoisotopic (exact) mass is 213 g/mol. The van der Waals surface area contributed by atoms with Crippen LogP contribution in [0, 0.1) is 21.4 Å². The Kier molecular flexibility index (Phi) is 4.93. The fraction of sp³-hybridized carbons (Fsp3) is 0.333. The molecule has 0 N–H and O–H groups in total. The Bertz CT molecular complexity index is 377. The summed E-state index contributed by atoms with van der Waals surface area (Å²) >= 11 is 0. The lowest BCUT2D eigenvalue weighted by atomic mass is 10.1. The van der Waals surface area contributed by atoms with E-state index >= 15 is 0 Å². The maximum atomic E-state index is 10.9. The van der Waals surface area contributed by atoms with Crippen LogP contribution in [0.1, 0.15) is 6.42 Å². The van der Waals surface area contributed by atoms with Gasteiger partial charge in [0, 0.05) is 10.1 Å². The van der Waals surface area contributed by atoms with Crippen molar-refractivity contribution in [3.8, 4) is 6.07 Å². The number of Topliss-reactive ketones (excluding diaryl/α,β-unsaturated/α-hetero) is 1. The third kappa shape index (κ3) is 4.25. The van der Waals surface area contributed by atoms with Gasteiger partial charge in [0.2, 0.25) is 5.78 Å². The van der Waals surface area contributed by atoms with Gasteiger partial charge in [0.15, 0.2) is 6.07 Å². The minimum absolute atomic E-state index is 0.860. The van der Waals surface area contributed by atoms with Gasteiger partial charge in [-0.3, -0.25) is 14.9 Å². The molecule has 0 fully saturated rings. The van der Waals surface area contributed by atoms with Gasteiger partial charge in [-0.25, -0.2) is 9.59 Å². The number of carbonyl (C=O) groups is 2. The highest BCUT2D eigenvalue weighted by Crippen LogP contribution is 1.97. The minimum Gasteiger partial charge on any atom is -0.306 e. The van der Waals surface area contributed by atoms with Gasteiger partial charge in [0.1, 0.15) is 6.42 Å². The van der Waals surface area contributed by atoms with Gasteiger partial charge in [0.25, 0.3) is 6.08 Å². The molecule has 1 unspecified atom stereocenters. The zero-order valence-corrected chi connectivity index (χ0v) is 7.08. The zero-order valence-electron chi connectivity index (χ0n) is 7.08. The summed E-state index contributed by atoms with van der Waals surface area (Å²) in [5.41, 5.74) is 0. The topological polar surface area (TPSA) is 140 Å². The summed E-state index contributed by atoms with van der Waals surface area (Å²) in [6, 6.07) is -1.03. The molecule has 9 nitrogen and oxygen atoms in total. The number of nitriles is 1. The van der Waals surface area contributed by atoms with Crippen molar-refractivity contribution < 1.29 is 24.1 Å². The van der Waals surface area contributed by atoms with Crippen LogP contribution >= 0.6 is 0 Å². The van der Waals surface area contributed by atoms with E-state index in [4.69, 9.17) is 5.26 Å². The highest BCUT2D eigenvalue weighted by atomic mass is 16.7. The molecule has 0 aromatic heterocycles. The molecular weight excluding hydrogens is 210 g/mol. The normalized spacial score (nSPS) is 10.3. The molecule has 0 saturated heterocycles. The fourth-order valence-electron chi connectivity index (χ4n) is 0.577. The van der Waals surface area contributed by atoms with Crippen LogP contribution in [0.15, 0.2) is 5.16 Å². The average Bonchev–Trinajstić information content (AvgIpc) is 2.15. The zero-order chi connectivity index (χ0) is 11.8. The second-order valence-corrected chi connectivity index (χ2v) is 2.11. The summed E-state index contributed by atoms with van der Waals surface area (Å²) in [7, 11) is 0. The van der Waals surface area contributed by atoms with Gasteiger partial charge in [-0.1, -0.05) is 0 Å². The molecule has 0 aromatic rings. The van der Waals surface area contributed by atoms with Crippen LogP contribution in [0.2, 0.25) is 0 Å². The van der Waals surface area contributed by atoms with E-state index < -0.39 is 29.1 Å². The smallest absolute Gasteiger partial charge is 0.306 e. The van der Waals surface area contributed by atoms with Gasteiger partial charge < -0.3 is 4.84 Å². The molecule has 15 heavy (non-hydrogen) atoms. The van der Waals surface area contributed by atoms with Crippen molar-refractivity contribution in [2.24, 2.45) is 5.16 Å². The largest absolute Gasteiger partial charge is 0.354 e. The molecule has 0 heterocycles. The number of rotatable bonds is 5. The molecule has 1 atom stereocenters. The lowest BCUT2D eigenvalue weighted by Gasteiger charge is -1.97. The van der Waals surface area contributed by atoms with Crippen molar-refractivity contribution in [3.63, 3.8) is 0 Å². The molecule has 0 radical (unpaired) electrons. The average molecular weight is 213 g/mol. The fourth-order valence-corrected chi connectivity index (χ4v) is 0.577. The van der Waals surface area contributed by atoms with Crippen molar-refractivity contribution in [2.75, 3.05) is 0 Å². The number of isocyanates is 1. The third-order valence-corrected chi connectivity index (χ3v) is 1.14. The van der Waals surface area contributed by atoms with Gasteiger partial charge in [-0.2, -0.15) is 5.26 Å². The maximum Gasteiger partial charge on any atom is 0.354 e. The molecule has 0 aromatic carbocycles. The molecule has 0 saturated carbocycles. The van der Waals surface area contributed by atoms with Crippen molar-refractivity contribution >= 4 is 17.8 Å². The Morgan fingerprint density at radius 1 is 1.60 bits per heavy atom. The summed E-state index contributed by atoms with van der Waals surface area (Å²) < 4.78 is 0. The highest BCUT2D eigenvalue weighted by Gasteiger charge is 2.31. The molecule has 0 amide bonds. The Balaban J connectivity index is 4.36. The van der Waals surface area contributed by atoms with E-state index in [0.29, 0.717) is 0 Å².